The minimum absolute atomic E-state index is 0.200. The first-order chi connectivity index (χ1) is 10.7. The van der Waals surface area contributed by atoms with Crippen molar-refractivity contribution in [3.63, 3.8) is 0 Å². The number of carbonyl (C=O) groups is 1. The molecule has 0 atom stereocenters. The van der Waals surface area contributed by atoms with Crippen LogP contribution < -0.4 is 5.32 Å². The summed E-state index contributed by atoms with van der Waals surface area (Å²) in [7, 11) is 0. The fourth-order valence-corrected chi connectivity index (χ4v) is 3.04. The van der Waals surface area contributed by atoms with Crippen molar-refractivity contribution < 1.29 is 4.79 Å². The van der Waals surface area contributed by atoms with Gasteiger partial charge in [-0.05, 0) is 30.5 Å². The minimum Gasteiger partial charge on any atom is -0.340 e. The van der Waals surface area contributed by atoms with Gasteiger partial charge in [-0.15, -0.1) is 0 Å². The minimum atomic E-state index is -0.258. The Kier molecular flexibility index (Phi) is 2.94. The van der Waals surface area contributed by atoms with Gasteiger partial charge in [0.25, 0.3) is 5.91 Å². The van der Waals surface area contributed by atoms with Crippen molar-refractivity contribution in [2.24, 2.45) is 0 Å². The number of pyridine rings is 1. The summed E-state index contributed by atoms with van der Waals surface area (Å²) in [5.41, 5.74) is 1.61. The summed E-state index contributed by atoms with van der Waals surface area (Å²) in [5.74, 6) is 0.122. The monoisotopic (exact) mass is 311 g/mol. The number of imidazole rings is 1. The average Bonchev–Trinajstić information content (AvgIpc) is 3.26. The van der Waals surface area contributed by atoms with E-state index < -0.39 is 0 Å². The highest BCUT2D eigenvalue weighted by atomic mass is 35.5. The number of hydrogen-bond acceptors (Lipinski definition) is 2. The van der Waals surface area contributed by atoms with E-state index in [0.717, 1.165) is 23.9 Å². The molecule has 110 valence electrons. The quantitative estimate of drug-likeness (QED) is 0.805. The highest BCUT2D eigenvalue weighted by molar-refractivity contribution is 6.33. The molecule has 1 aliphatic rings. The Morgan fingerprint density at radius 3 is 2.59 bits per heavy atom. The molecule has 0 unspecified atom stereocenters. The predicted molar refractivity (Wildman–Crippen MR) is 85.0 cm³/mol. The van der Waals surface area contributed by atoms with Crippen LogP contribution in [0.3, 0.4) is 0 Å². The van der Waals surface area contributed by atoms with E-state index in [4.69, 9.17) is 11.6 Å². The number of nitrogens with zero attached hydrogens (tertiary/aromatic N) is 2. The molecule has 0 bridgehead atoms. The van der Waals surface area contributed by atoms with Gasteiger partial charge in [-0.2, -0.15) is 0 Å². The Bertz CT molecular complexity index is 853. The van der Waals surface area contributed by atoms with E-state index >= 15 is 0 Å². The zero-order valence-electron chi connectivity index (χ0n) is 11.8. The molecule has 0 spiro atoms. The van der Waals surface area contributed by atoms with E-state index in [-0.39, 0.29) is 11.4 Å². The largest absolute Gasteiger partial charge is 0.340 e. The second-order valence-corrected chi connectivity index (χ2v) is 5.94. The summed E-state index contributed by atoms with van der Waals surface area (Å²) in [5, 5.41) is 3.47. The van der Waals surface area contributed by atoms with Crippen LogP contribution in [-0.2, 0) is 5.54 Å². The van der Waals surface area contributed by atoms with Gasteiger partial charge in [0, 0.05) is 6.20 Å². The zero-order valence-corrected chi connectivity index (χ0v) is 12.5. The van der Waals surface area contributed by atoms with E-state index in [2.05, 4.69) is 10.3 Å². The molecule has 22 heavy (non-hydrogen) atoms. The maximum atomic E-state index is 12.6. The van der Waals surface area contributed by atoms with Gasteiger partial charge < -0.3 is 5.32 Å². The third-order valence-electron chi connectivity index (χ3n) is 4.14. The highest BCUT2D eigenvalue weighted by Gasteiger charge is 2.46. The van der Waals surface area contributed by atoms with Gasteiger partial charge in [-0.25, -0.2) is 4.98 Å². The summed E-state index contributed by atoms with van der Waals surface area (Å²) in [6.07, 6.45) is 3.69. The van der Waals surface area contributed by atoms with Crippen molar-refractivity contribution in [1.29, 1.82) is 0 Å². The number of amides is 1. The predicted octanol–water partition coefficient (Wildman–Crippen LogP) is 3.41. The zero-order chi connectivity index (χ0) is 15.2. The fraction of sp³-hybridized carbons (Fsp3) is 0.176. The Labute approximate surface area is 132 Å². The molecule has 1 aliphatic carbocycles. The number of fused-ring (bicyclic) bond motifs is 1. The summed E-state index contributed by atoms with van der Waals surface area (Å²) < 4.78 is 1.72. The smallest absolute Gasteiger partial charge is 0.288 e. The lowest BCUT2D eigenvalue weighted by Crippen LogP contribution is -2.35. The Balaban J connectivity index is 1.68. The molecule has 3 aromatic rings. The summed E-state index contributed by atoms with van der Waals surface area (Å²) >= 11 is 6.11. The number of carbonyl (C=O) groups excluding carboxylic acids is 1. The van der Waals surface area contributed by atoms with Crippen molar-refractivity contribution in [3.8, 4) is 0 Å². The normalized spacial score (nSPS) is 15.7. The summed E-state index contributed by atoms with van der Waals surface area (Å²) in [6, 6.07) is 15.6. The molecule has 1 aromatic carbocycles. The molecule has 1 N–H and O–H groups in total. The standard InChI is InChI=1S/C17H14ClN3O/c18-14-13-8-4-5-11-21(13)15(19-14)16(22)20-17(9-10-17)12-6-2-1-3-7-12/h1-8,11H,9-10H2,(H,20,22). The van der Waals surface area contributed by atoms with Gasteiger partial charge in [-0.1, -0.05) is 48.0 Å². The second-order valence-electron chi connectivity index (χ2n) is 5.58. The molecular formula is C17H14ClN3O. The van der Waals surface area contributed by atoms with Crippen LogP contribution in [0.4, 0.5) is 0 Å². The molecule has 2 heterocycles. The molecule has 1 amide bonds. The maximum Gasteiger partial charge on any atom is 0.288 e. The van der Waals surface area contributed by atoms with Crippen LogP contribution in [0.5, 0.6) is 0 Å². The van der Waals surface area contributed by atoms with Gasteiger partial charge in [0.05, 0.1) is 11.1 Å². The highest BCUT2D eigenvalue weighted by Crippen LogP contribution is 2.45. The molecule has 5 heteroatoms. The van der Waals surface area contributed by atoms with Crippen LogP contribution in [0.1, 0.15) is 29.0 Å². The van der Waals surface area contributed by atoms with Crippen LogP contribution in [0.2, 0.25) is 5.15 Å². The molecular weight excluding hydrogens is 298 g/mol. The topological polar surface area (TPSA) is 46.4 Å². The lowest BCUT2D eigenvalue weighted by molar-refractivity contribution is 0.0919. The summed E-state index contributed by atoms with van der Waals surface area (Å²) in [6.45, 7) is 0. The molecule has 1 saturated carbocycles. The number of aromatic nitrogens is 2. The third kappa shape index (κ3) is 2.07. The number of nitrogens with one attached hydrogen (secondary N) is 1. The molecule has 0 aliphatic heterocycles. The Morgan fingerprint density at radius 1 is 1.14 bits per heavy atom. The molecule has 0 radical (unpaired) electrons. The van der Waals surface area contributed by atoms with E-state index in [1.165, 1.54) is 0 Å². The van der Waals surface area contributed by atoms with E-state index in [9.17, 15) is 4.79 Å². The third-order valence-corrected chi connectivity index (χ3v) is 4.41. The Morgan fingerprint density at radius 2 is 1.86 bits per heavy atom. The SMILES string of the molecule is O=C(NC1(c2ccccc2)CC1)c1nc(Cl)c2ccccn12. The number of rotatable bonds is 3. The molecule has 1 fully saturated rings. The van der Waals surface area contributed by atoms with Gasteiger partial charge in [0.2, 0.25) is 5.82 Å². The van der Waals surface area contributed by atoms with Crippen LogP contribution in [-0.4, -0.2) is 15.3 Å². The first kappa shape index (κ1) is 13.3. The van der Waals surface area contributed by atoms with Crippen molar-refractivity contribution in [3.05, 3.63) is 71.3 Å². The number of benzene rings is 1. The van der Waals surface area contributed by atoms with Crippen molar-refractivity contribution in [1.82, 2.24) is 14.7 Å². The molecule has 4 rings (SSSR count). The molecule has 4 nitrogen and oxygen atoms in total. The van der Waals surface area contributed by atoms with Crippen molar-refractivity contribution in [2.45, 2.75) is 18.4 Å². The van der Waals surface area contributed by atoms with Crippen molar-refractivity contribution >= 4 is 23.0 Å². The van der Waals surface area contributed by atoms with E-state index in [1.54, 1.807) is 10.6 Å². The number of halogens is 1. The van der Waals surface area contributed by atoms with E-state index in [0.29, 0.717) is 11.0 Å². The van der Waals surface area contributed by atoms with Crippen molar-refractivity contribution in [2.75, 3.05) is 0 Å². The second kappa shape index (κ2) is 4.85. The van der Waals surface area contributed by atoms with Crippen LogP contribution in [0, 0.1) is 0 Å². The lowest BCUT2D eigenvalue weighted by Gasteiger charge is -2.17. The van der Waals surface area contributed by atoms with Gasteiger partial charge >= 0.3 is 0 Å². The Hall–Kier alpha value is -2.33. The first-order valence-electron chi connectivity index (χ1n) is 7.20. The van der Waals surface area contributed by atoms with Crippen LogP contribution >= 0.6 is 11.6 Å². The van der Waals surface area contributed by atoms with Crippen LogP contribution in [0.25, 0.3) is 5.52 Å². The number of hydrogen-bond donors (Lipinski definition) is 1. The van der Waals surface area contributed by atoms with Gasteiger partial charge in [0.15, 0.2) is 5.15 Å². The lowest BCUT2D eigenvalue weighted by atomic mass is 10.1. The molecule has 2 aromatic heterocycles. The average molecular weight is 312 g/mol. The fourth-order valence-electron chi connectivity index (χ4n) is 2.80. The first-order valence-corrected chi connectivity index (χ1v) is 7.58. The summed E-state index contributed by atoms with van der Waals surface area (Å²) in [4.78, 5) is 16.9. The maximum absolute atomic E-state index is 12.6. The van der Waals surface area contributed by atoms with Gasteiger partial charge in [0.1, 0.15) is 0 Å². The van der Waals surface area contributed by atoms with E-state index in [1.807, 2.05) is 48.5 Å². The molecule has 0 saturated heterocycles. The van der Waals surface area contributed by atoms with Crippen LogP contribution in [0.15, 0.2) is 54.7 Å². The van der Waals surface area contributed by atoms with Gasteiger partial charge in [-0.3, -0.25) is 9.20 Å².